The van der Waals surface area contributed by atoms with Crippen molar-refractivity contribution in [3.05, 3.63) is 82.8 Å². The van der Waals surface area contributed by atoms with Gasteiger partial charge in [0.2, 0.25) is 0 Å². The van der Waals surface area contributed by atoms with Crippen molar-refractivity contribution in [1.29, 1.82) is 0 Å². The normalized spacial score (nSPS) is 16.6. The SMILES string of the molecule is CCOc1ccc2nc(N3C(=O)C(=O)C(=C(O)c4nc5c(C)cccn5c4C)C3c3ccc(O)c(OCC)c3)sc2c1. The first-order valence-electron chi connectivity index (χ1n) is 13.5. The number of aromatic hydroxyl groups is 1. The number of aliphatic hydroxyl groups excluding tert-OH is 1. The number of nitrogens with zero attached hydrogens (tertiary/aromatic N) is 4. The molecule has 4 heterocycles. The number of anilines is 1. The molecule has 0 spiro atoms. The Morgan fingerprint density at radius 2 is 1.81 bits per heavy atom. The lowest BCUT2D eigenvalue weighted by Gasteiger charge is -2.23. The van der Waals surface area contributed by atoms with E-state index in [1.54, 1.807) is 38.1 Å². The van der Waals surface area contributed by atoms with Crippen LogP contribution in [0.5, 0.6) is 17.2 Å². The number of rotatable bonds is 7. The number of phenols is 1. The fraction of sp³-hybridized carbons (Fsp3) is 0.226. The van der Waals surface area contributed by atoms with Crippen LogP contribution >= 0.6 is 11.3 Å². The van der Waals surface area contributed by atoms with Crippen LogP contribution in [0.2, 0.25) is 0 Å². The van der Waals surface area contributed by atoms with Crippen LogP contribution in [0.25, 0.3) is 21.6 Å². The fourth-order valence-corrected chi connectivity index (χ4v) is 6.26. The molecule has 6 rings (SSSR count). The third kappa shape index (κ3) is 4.33. The Bertz CT molecular complexity index is 1920. The molecule has 1 aliphatic rings. The van der Waals surface area contributed by atoms with Crippen molar-refractivity contribution in [3.63, 3.8) is 0 Å². The number of benzene rings is 2. The van der Waals surface area contributed by atoms with Crippen molar-refractivity contribution >= 4 is 49.8 Å². The second kappa shape index (κ2) is 10.5. The van der Waals surface area contributed by atoms with Gasteiger partial charge in [-0.3, -0.25) is 14.5 Å². The van der Waals surface area contributed by atoms with Crippen molar-refractivity contribution in [2.45, 2.75) is 33.7 Å². The van der Waals surface area contributed by atoms with Crippen molar-refractivity contribution in [1.82, 2.24) is 14.4 Å². The number of aromatic nitrogens is 3. The van der Waals surface area contributed by atoms with Gasteiger partial charge < -0.3 is 24.1 Å². The topological polar surface area (TPSA) is 126 Å². The van der Waals surface area contributed by atoms with Crippen LogP contribution in [0.4, 0.5) is 5.13 Å². The molecule has 10 nitrogen and oxygen atoms in total. The molecule has 1 aliphatic heterocycles. The van der Waals surface area contributed by atoms with E-state index in [1.807, 2.05) is 42.6 Å². The largest absolute Gasteiger partial charge is 0.505 e. The quantitative estimate of drug-likeness (QED) is 0.142. The molecular weight excluding hydrogens is 556 g/mol. The molecular formula is C31H28N4O6S. The lowest BCUT2D eigenvalue weighted by molar-refractivity contribution is -0.132. The van der Waals surface area contributed by atoms with E-state index in [1.165, 1.54) is 22.3 Å². The number of hydrogen-bond donors (Lipinski definition) is 2. The molecule has 0 radical (unpaired) electrons. The number of carbonyl (C=O) groups excluding carboxylic acids is 2. The highest BCUT2D eigenvalue weighted by atomic mass is 32.1. The highest BCUT2D eigenvalue weighted by molar-refractivity contribution is 7.22. The fourth-order valence-electron chi connectivity index (χ4n) is 5.24. The van der Waals surface area contributed by atoms with Gasteiger partial charge in [0.15, 0.2) is 22.4 Å². The number of ether oxygens (including phenoxy) is 2. The van der Waals surface area contributed by atoms with Gasteiger partial charge in [-0.25, -0.2) is 9.97 Å². The van der Waals surface area contributed by atoms with Gasteiger partial charge in [0.05, 0.1) is 40.7 Å². The van der Waals surface area contributed by atoms with Gasteiger partial charge >= 0.3 is 5.91 Å². The number of imidazole rings is 1. The molecule has 0 saturated carbocycles. The van der Waals surface area contributed by atoms with Gasteiger partial charge in [-0.1, -0.05) is 23.5 Å². The summed E-state index contributed by atoms with van der Waals surface area (Å²) >= 11 is 1.23. The summed E-state index contributed by atoms with van der Waals surface area (Å²) in [7, 11) is 0. The van der Waals surface area contributed by atoms with E-state index in [0.29, 0.717) is 34.8 Å². The molecule has 1 saturated heterocycles. The lowest BCUT2D eigenvalue weighted by atomic mass is 9.96. The van der Waals surface area contributed by atoms with Gasteiger partial charge in [0, 0.05) is 6.20 Å². The molecule has 42 heavy (non-hydrogen) atoms. The summed E-state index contributed by atoms with van der Waals surface area (Å²) in [6, 6.07) is 12.7. The first-order valence-corrected chi connectivity index (χ1v) is 14.3. The monoisotopic (exact) mass is 584 g/mol. The van der Waals surface area contributed by atoms with Crippen molar-refractivity contribution in [3.8, 4) is 17.2 Å². The average Bonchev–Trinajstić information content (AvgIpc) is 3.62. The van der Waals surface area contributed by atoms with Crippen LogP contribution in [-0.4, -0.2) is 49.5 Å². The summed E-state index contributed by atoms with van der Waals surface area (Å²) in [5.41, 5.74) is 3.27. The molecule has 1 atom stereocenters. The second-order valence-electron chi connectivity index (χ2n) is 9.82. The minimum Gasteiger partial charge on any atom is -0.505 e. The van der Waals surface area contributed by atoms with Crippen LogP contribution in [0, 0.1) is 13.8 Å². The maximum absolute atomic E-state index is 13.7. The number of aliphatic hydroxyl groups is 1. The number of hydrogen-bond acceptors (Lipinski definition) is 9. The summed E-state index contributed by atoms with van der Waals surface area (Å²) in [6.07, 6.45) is 1.82. The van der Waals surface area contributed by atoms with Gasteiger partial charge in [0.1, 0.15) is 17.1 Å². The molecule has 2 N–H and O–H groups in total. The highest BCUT2D eigenvalue weighted by Gasteiger charge is 2.49. The van der Waals surface area contributed by atoms with E-state index >= 15 is 0 Å². The Morgan fingerprint density at radius 3 is 2.55 bits per heavy atom. The van der Waals surface area contributed by atoms with Crippen molar-refractivity contribution in [2.75, 3.05) is 18.1 Å². The average molecular weight is 585 g/mol. The van der Waals surface area contributed by atoms with E-state index < -0.39 is 23.5 Å². The predicted molar refractivity (Wildman–Crippen MR) is 160 cm³/mol. The van der Waals surface area contributed by atoms with Crippen LogP contribution in [0.1, 0.15) is 42.4 Å². The molecule has 0 aliphatic carbocycles. The van der Waals surface area contributed by atoms with Crippen LogP contribution in [-0.2, 0) is 9.59 Å². The third-order valence-corrected chi connectivity index (χ3v) is 8.24. The minimum atomic E-state index is -1.07. The molecule has 3 aromatic heterocycles. The van der Waals surface area contributed by atoms with Gasteiger partial charge in [-0.2, -0.15) is 0 Å². The number of Topliss-reactive ketones (excluding diaryl/α,β-unsaturated/α-hetero) is 1. The van der Waals surface area contributed by atoms with E-state index in [9.17, 15) is 19.8 Å². The molecule has 1 unspecified atom stereocenters. The molecule has 1 fully saturated rings. The summed E-state index contributed by atoms with van der Waals surface area (Å²) in [4.78, 5) is 38.1. The summed E-state index contributed by atoms with van der Waals surface area (Å²) in [5, 5.41) is 22.4. The number of amides is 1. The van der Waals surface area contributed by atoms with E-state index in [-0.39, 0.29) is 34.5 Å². The maximum atomic E-state index is 13.7. The lowest BCUT2D eigenvalue weighted by Crippen LogP contribution is -2.29. The van der Waals surface area contributed by atoms with E-state index in [0.717, 1.165) is 10.3 Å². The summed E-state index contributed by atoms with van der Waals surface area (Å²) in [6.45, 7) is 8.15. The predicted octanol–water partition coefficient (Wildman–Crippen LogP) is 5.69. The zero-order valence-corrected chi connectivity index (χ0v) is 24.2. The molecule has 5 aromatic rings. The first-order chi connectivity index (χ1) is 20.2. The Balaban J connectivity index is 1.58. The first kappa shape index (κ1) is 27.3. The number of fused-ring (bicyclic) bond motifs is 2. The number of phenolic OH excluding ortho intramolecular Hbond substituents is 1. The third-order valence-electron chi connectivity index (χ3n) is 7.22. The minimum absolute atomic E-state index is 0.0901. The zero-order chi connectivity index (χ0) is 29.7. The van der Waals surface area contributed by atoms with Crippen LogP contribution in [0.15, 0.2) is 60.3 Å². The van der Waals surface area contributed by atoms with Crippen molar-refractivity contribution < 1.29 is 29.3 Å². The molecule has 2 aromatic carbocycles. The van der Waals surface area contributed by atoms with Crippen molar-refractivity contribution in [2.24, 2.45) is 0 Å². The Labute approximate surface area is 245 Å². The Hall–Kier alpha value is -4.90. The van der Waals surface area contributed by atoms with Gasteiger partial charge in [-0.05, 0) is 75.2 Å². The van der Waals surface area contributed by atoms with Crippen LogP contribution in [0.3, 0.4) is 0 Å². The smallest absolute Gasteiger partial charge is 0.301 e. The molecule has 0 bridgehead atoms. The Kier molecular flexibility index (Phi) is 6.82. The zero-order valence-electron chi connectivity index (χ0n) is 23.4. The maximum Gasteiger partial charge on any atom is 0.301 e. The van der Waals surface area contributed by atoms with E-state index in [4.69, 9.17) is 9.47 Å². The number of pyridine rings is 1. The summed E-state index contributed by atoms with van der Waals surface area (Å²) in [5.74, 6) is -1.35. The standard InChI is InChI=1S/C31H28N4O6S/c1-5-40-19-10-11-20-23(15-19)42-31(32-20)35-26(18-9-12-21(36)22(14-18)41-6-2)24(28(38)30(35)39)27(37)25-17(4)34-13-7-8-16(3)29(34)33-25/h7-15,26,36-37H,5-6H2,1-4H3. The van der Waals surface area contributed by atoms with E-state index in [2.05, 4.69) is 9.97 Å². The highest BCUT2D eigenvalue weighted by Crippen LogP contribution is 2.46. The van der Waals surface area contributed by atoms with Crippen LogP contribution < -0.4 is 14.4 Å². The number of ketones is 1. The number of aryl methyl sites for hydroxylation is 2. The van der Waals surface area contributed by atoms with Gasteiger partial charge in [-0.15, -0.1) is 0 Å². The molecule has 1 amide bonds. The summed E-state index contributed by atoms with van der Waals surface area (Å²) < 4.78 is 13.8. The molecule has 214 valence electrons. The number of carbonyl (C=O) groups is 2. The molecule has 11 heteroatoms. The second-order valence-corrected chi connectivity index (χ2v) is 10.8. The number of thiazole rings is 1. The Morgan fingerprint density at radius 1 is 1.02 bits per heavy atom. The van der Waals surface area contributed by atoms with Gasteiger partial charge in [0.25, 0.3) is 5.78 Å².